The molecule has 4 aromatic rings. The van der Waals surface area contributed by atoms with Gasteiger partial charge in [0.15, 0.2) is 5.60 Å². The van der Waals surface area contributed by atoms with Crippen LogP contribution >= 0.6 is 0 Å². The van der Waals surface area contributed by atoms with Crippen molar-refractivity contribution in [3.63, 3.8) is 0 Å². The highest BCUT2D eigenvalue weighted by Gasteiger charge is 2.67. The van der Waals surface area contributed by atoms with Gasteiger partial charge in [0.1, 0.15) is 0 Å². The number of likely N-dealkylation sites (tertiary alicyclic amines) is 1. The molecule has 1 N–H and O–H groups in total. The summed E-state index contributed by atoms with van der Waals surface area (Å²) in [4.78, 5) is 44.9. The van der Waals surface area contributed by atoms with E-state index in [-0.39, 0.29) is 43.0 Å². The van der Waals surface area contributed by atoms with Gasteiger partial charge in [0.25, 0.3) is 11.5 Å². The number of aliphatic hydroxyl groups excluding tert-OH is 1. The Hall–Kier alpha value is -4.19. The zero-order valence-corrected chi connectivity index (χ0v) is 27.8. The van der Waals surface area contributed by atoms with Crippen molar-refractivity contribution in [2.75, 3.05) is 18.1 Å². The van der Waals surface area contributed by atoms with Gasteiger partial charge in [-0.3, -0.25) is 14.4 Å². The van der Waals surface area contributed by atoms with E-state index in [4.69, 9.17) is 4.74 Å². The number of ether oxygens (including phenoxy) is 1. The molecule has 0 bridgehead atoms. The Labute approximate surface area is 273 Å². The molecule has 2 fully saturated rings. The van der Waals surface area contributed by atoms with Crippen LogP contribution in [0.5, 0.6) is 0 Å². The van der Waals surface area contributed by atoms with Crippen molar-refractivity contribution in [3.05, 3.63) is 100 Å². The number of nitrogens with zero attached hydrogens (tertiary/aromatic N) is 4. The molecule has 0 radical (unpaired) electrons. The number of rotatable bonds is 7. The Morgan fingerprint density at radius 2 is 1.85 bits per heavy atom. The first-order valence-electron chi connectivity index (χ1n) is 16.3. The Morgan fingerprint density at radius 3 is 2.64 bits per heavy atom. The van der Waals surface area contributed by atoms with Gasteiger partial charge in [0.2, 0.25) is 14.3 Å². The summed E-state index contributed by atoms with van der Waals surface area (Å²) in [5.41, 5.74) is 0.423. The standard InChI is InChI=1S/C36H39FN4O5Si/c1-23-33(47(2,3)37)31(19-32(43)39-17-9-13-27(39)22-42)46-36(23)29-15-6-7-16-30(29)40(35(36)45)21-24-10-8-12-26(18-24)41-34(44)28-14-5-4-11-25(28)20-38-41/h4-8,10-12,14-16,18,20,23,27,31,33,42H,9,13,17,19,21-22H2,1-3H3/t23-,27+,31+,33-,36+/m1/s1. The number of aliphatic hydroxyl groups is 1. The number of fused-ring (bicyclic) bond motifs is 3. The van der Waals surface area contributed by atoms with Crippen molar-refractivity contribution < 1.29 is 23.5 Å². The molecule has 4 heterocycles. The van der Waals surface area contributed by atoms with Gasteiger partial charge in [0, 0.05) is 29.0 Å². The van der Waals surface area contributed by atoms with E-state index in [1.807, 2.05) is 67.6 Å². The second kappa shape index (κ2) is 11.8. The summed E-state index contributed by atoms with van der Waals surface area (Å²) < 4.78 is 24.3. The number of para-hydroxylation sites is 1. The third kappa shape index (κ3) is 5.11. The summed E-state index contributed by atoms with van der Waals surface area (Å²) in [5.74, 6) is -0.987. The molecule has 244 valence electrons. The van der Waals surface area contributed by atoms with Crippen molar-refractivity contribution >= 4 is 36.7 Å². The van der Waals surface area contributed by atoms with Gasteiger partial charge >= 0.3 is 0 Å². The highest BCUT2D eigenvalue weighted by molar-refractivity contribution is 6.72. The van der Waals surface area contributed by atoms with E-state index in [1.165, 1.54) is 4.68 Å². The highest BCUT2D eigenvalue weighted by atomic mass is 28.4. The molecule has 0 unspecified atom stereocenters. The van der Waals surface area contributed by atoms with Crippen LogP contribution < -0.4 is 10.5 Å². The molecule has 11 heteroatoms. The van der Waals surface area contributed by atoms with Crippen LogP contribution in [0.1, 0.15) is 37.3 Å². The number of aromatic nitrogens is 2. The summed E-state index contributed by atoms with van der Waals surface area (Å²) >= 11 is 0. The number of hydrogen-bond donors (Lipinski definition) is 1. The topological polar surface area (TPSA) is 105 Å². The van der Waals surface area contributed by atoms with Crippen LogP contribution in [0.4, 0.5) is 9.80 Å². The molecule has 1 spiro atoms. The van der Waals surface area contributed by atoms with Crippen LogP contribution in [-0.2, 0) is 26.5 Å². The van der Waals surface area contributed by atoms with E-state index in [2.05, 4.69) is 5.10 Å². The number of amides is 2. The van der Waals surface area contributed by atoms with Crippen LogP contribution in [0.25, 0.3) is 16.5 Å². The molecule has 0 saturated carbocycles. The van der Waals surface area contributed by atoms with E-state index in [0.29, 0.717) is 28.9 Å². The summed E-state index contributed by atoms with van der Waals surface area (Å²) in [6.07, 6.45) is 2.37. The fraction of sp³-hybridized carbons (Fsp3) is 0.389. The number of halogens is 1. The lowest BCUT2D eigenvalue weighted by atomic mass is 9.82. The molecule has 2 saturated heterocycles. The lowest BCUT2D eigenvalue weighted by molar-refractivity contribution is -0.150. The summed E-state index contributed by atoms with van der Waals surface area (Å²) in [5, 5.41) is 15.5. The van der Waals surface area contributed by atoms with Crippen LogP contribution in [0.2, 0.25) is 18.6 Å². The molecule has 3 aliphatic rings. The third-order valence-electron chi connectivity index (χ3n) is 10.3. The van der Waals surface area contributed by atoms with Gasteiger partial charge < -0.3 is 23.8 Å². The fourth-order valence-electron chi connectivity index (χ4n) is 8.25. The predicted molar refractivity (Wildman–Crippen MR) is 179 cm³/mol. The average Bonchev–Trinajstić information content (AvgIpc) is 3.72. The molecule has 47 heavy (non-hydrogen) atoms. The van der Waals surface area contributed by atoms with Gasteiger partial charge in [-0.05, 0) is 55.8 Å². The maximum Gasteiger partial charge on any atom is 0.279 e. The predicted octanol–water partition coefficient (Wildman–Crippen LogP) is 5.08. The van der Waals surface area contributed by atoms with Crippen LogP contribution in [-0.4, -0.2) is 65.3 Å². The Balaban J connectivity index is 1.22. The maximum absolute atomic E-state index is 16.2. The number of carbonyl (C=O) groups excluding carboxylic acids is 2. The van der Waals surface area contributed by atoms with Gasteiger partial charge in [0.05, 0.1) is 54.7 Å². The molecule has 7 rings (SSSR count). The third-order valence-corrected chi connectivity index (χ3v) is 12.8. The zero-order valence-electron chi connectivity index (χ0n) is 26.8. The van der Waals surface area contributed by atoms with Gasteiger partial charge in [-0.15, -0.1) is 0 Å². The van der Waals surface area contributed by atoms with E-state index in [9.17, 15) is 19.5 Å². The molecule has 0 aliphatic carbocycles. The van der Waals surface area contributed by atoms with Crippen molar-refractivity contribution in [2.45, 2.75) is 69.1 Å². The number of carbonyl (C=O) groups is 2. The van der Waals surface area contributed by atoms with Crippen molar-refractivity contribution in [1.82, 2.24) is 14.7 Å². The fourth-order valence-corrected chi connectivity index (χ4v) is 10.7. The van der Waals surface area contributed by atoms with E-state index >= 15 is 4.11 Å². The van der Waals surface area contributed by atoms with Crippen LogP contribution in [0.15, 0.2) is 83.8 Å². The summed E-state index contributed by atoms with van der Waals surface area (Å²) in [6, 6.07) is 21.9. The molecule has 5 atom stereocenters. The van der Waals surface area contributed by atoms with Crippen LogP contribution in [0, 0.1) is 5.92 Å². The average molecular weight is 655 g/mol. The second-order valence-corrected chi connectivity index (χ2v) is 17.4. The molecule has 9 nitrogen and oxygen atoms in total. The smallest absolute Gasteiger partial charge is 0.279 e. The molecular weight excluding hydrogens is 616 g/mol. The minimum atomic E-state index is -3.45. The molecule has 3 aliphatic heterocycles. The van der Waals surface area contributed by atoms with E-state index < -0.39 is 31.6 Å². The molecule has 1 aromatic heterocycles. The Kier molecular flexibility index (Phi) is 7.89. The zero-order chi connectivity index (χ0) is 33.1. The van der Waals surface area contributed by atoms with E-state index in [1.54, 1.807) is 41.2 Å². The molecule has 3 aromatic carbocycles. The maximum atomic E-state index is 16.2. The first-order chi connectivity index (χ1) is 22.5. The van der Waals surface area contributed by atoms with Crippen LogP contribution in [0.3, 0.4) is 0 Å². The minimum Gasteiger partial charge on any atom is -0.394 e. The Morgan fingerprint density at radius 1 is 1.09 bits per heavy atom. The lowest BCUT2D eigenvalue weighted by Crippen LogP contribution is -2.45. The first kappa shape index (κ1) is 31.4. The molecule has 2 amide bonds. The van der Waals surface area contributed by atoms with Gasteiger partial charge in [-0.1, -0.05) is 55.5 Å². The minimum absolute atomic E-state index is 0.0430. The van der Waals surface area contributed by atoms with Crippen molar-refractivity contribution in [3.8, 4) is 5.69 Å². The first-order valence-corrected chi connectivity index (χ1v) is 19.2. The summed E-state index contributed by atoms with van der Waals surface area (Å²) in [6.45, 7) is 5.76. The second-order valence-electron chi connectivity index (χ2n) is 13.6. The van der Waals surface area contributed by atoms with Crippen molar-refractivity contribution in [2.24, 2.45) is 5.92 Å². The van der Waals surface area contributed by atoms with Gasteiger partial charge in [-0.25, -0.2) is 0 Å². The van der Waals surface area contributed by atoms with Crippen molar-refractivity contribution in [1.29, 1.82) is 0 Å². The number of hydrogen-bond acceptors (Lipinski definition) is 6. The number of benzene rings is 3. The molecular formula is C36H39FN4O5Si. The summed E-state index contributed by atoms with van der Waals surface area (Å²) in [7, 11) is -3.45. The van der Waals surface area contributed by atoms with E-state index in [0.717, 1.165) is 23.8 Å². The quantitative estimate of drug-likeness (QED) is 0.220. The largest absolute Gasteiger partial charge is 0.394 e. The Bertz CT molecular complexity index is 1930. The number of anilines is 1. The normalized spacial score (nSPS) is 25.7. The SMILES string of the molecule is C[C@@H]1[C@@H]([Si](C)(C)F)[C@H](CC(=O)N2CCC[C@H]2CO)O[C@@]12C(=O)N(Cc1cccc(-n3ncc4ccccc4c3=O)c1)c1ccccc12. The highest BCUT2D eigenvalue weighted by Crippen LogP contribution is 2.60. The van der Waals surface area contributed by atoms with Gasteiger partial charge in [-0.2, -0.15) is 9.78 Å². The monoisotopic (exact) mass is 654 g/mol. The lowest BCUT2D eigenvalue weighted by Gasteiger charge is -2.31.